The molecule has 0 aliphatic heterocycles. The van der Waals surface area contributed by atoms with E-state index in [9.17, 15) is 4.79 Å². The molecule has 82 valence electrons. The minimum absolute atomic E-state index is 0.269. The summed E-state index contributed by atoms with van der Waals surface area (Å²) in [5.74, 6) is -0.439. The molecule has 2 N–H and O–H groups in total. The second-order valence-corrected chi connectivity index (χ2v) is 4.73. The minimum atomic E-state index is -0.439. The fraction of sp³-hybridized carbons (Fsp3) is 0.600. The molecule has 1 amide bonds. The number of hydrogen-bond donors (Lipinski definition) is 1. The van der Waals surface area contributed by atoms with Crippen molar-refractivity contribution < 1.29 is 9.53 Å². The maximum atomic E-state index is 10.8. The molecule has 1 aromatic rings. The quantitative estimate of drug-likeness (QED) is 0.856. The van der Waals surface area contributed by atoms with Crippen LogP contribution in [0.25, 0.3) is 0 Å². The van der Waals surface area contributed by atoms with Gasteiger partial charge in [-0.3, -0.25) is 4.79 Å². The van der Waals surface area contributed by atoms with Gasteiger partial charge in [-0.15, -0.1) is 0 Å². The lowest BCUT2D eigenvalue weighted by atomic mass is 9.98. The van der Waals surface area contributed by atoms with Gasteiger partial charge >= 0.3 is 0 Å². The summed E-state index contributed by atoms with van der Waals surface area (Å²) < 4.78 is 5.69. The Labute approximate surface area is 92.5 Å². The smallest absolute Gasteiger partial charge is 0.274 e. The van der Waals surface area contributed by atoms with Crippen LogP contribution in [-0.2, 0) is 0 Å². The minimum Gasteiger partial charge on any atom is -0.467 e. The zero-order valence-corrected chi connectivity index (χ0v) is 9.26. The van der Waals surface area contributed by atoms with Crippen LogP contribution < -0.4 is 10.5 Å². The van der Waals surface area contributed by atoms with Gasteiger partial charge in [-0.05, 0) is 25.7 Å². The van der Waals surface area contributed by atoms with Gasteiger partial charge in [0.1, 0.15) is 11.0 Å². The van der Waals surface area contributed by atoms with Crippen molar-refractivity contribution in [3.8, 4) is 5.19 Å². The second-order valence-electron chi connectivity index (χ2n) is 3.73. The van der Waals surface area contributed by atoms with Gasteiger partial charge in [0.25, 0.3) is 11.1 Å². The number of carbonyl (C=O) groups excluding carboxylic acids is 1. The summed E-state index contributed by atoms with van der Waals surface area (Å²) in [6.45, 7) is 0. The van der Waals surface area contributed by atoms with E-state index in [2.05, 4.69) is 4.98 Å². The Kier molecular flexibility index (Phi) is 3.20. The molecule has 1 saturated carbocycles. The van der Waals surface area contributed by atoms with Crippen LogP contribution in [0.5, 0.6) is 5.19 Å². The van der Waals surface area contributed by atoms with Gasteiger partial charge in [0.2, 0.25) is 0 Å². The molecule has 0 atom stereocenters. The van der Waals surface area contributed by atoms with Gasteiger partial charge in [0, 0.05) is 0 Å². The number of primary amides is 1. The predicted molar refractivity (Wildman–Crippen MR) is 58.1 cm³/mol. The average molecular weight is 226 g/mol. The number of thiazole rings is 1. The van der Waals surface area contributed by atoms with Crippen LogP contribution >= 0.6 is 11.3 Å². The average Bonchev–Trinajstić information content (AvgIpc) is 2.68. The van der Waals surface area contributed by atoms with Gasteiger partial charge < -0.3 is 10.5 Å². The Morgan fingerprint density at radius 2 is 2.20 bits per heavy atom. The molecule has 4 nitrogen and oxygen atoms in total. The Morgan fingerprint density at radius 3 is 2.80 bits per heavy atom. The first-order chi connectivity index (χ1) is 7.25. The van der Waals surface area contributed by atoms with Gasteiger partial charge in [0.05, 0.1) is 6.20 Å². The van der Waals surface area contributed by atoms with Gasteiger partial charge in [-0.2, -0.15) is 0 Å². The molecule has 1 aliphatic carbocycles. The summed E-state index contributed by atoms with van der Waals surface area (Å²) in [4.78, 5) is 15.3. The molecule has 0 unspecified atom stereocenters. The molecule has 0 saturated heterocycles. The number of hydrogen-bond acceptors (Lipinski definition) is 4. The highest BCUT2D eigenvalue weighted by atomic mass is 32.1. The molecule has 0 radical (unpaired) electrons. The van der Waals surface area contributed by atoms with Crippen LogP contribution in [0, 0.1) is 0 Å². The van der Waals surface area contributed by atoms with E-state index in [4.69, 9.17) is 10.5 Å². The SMILES string of the molecule is NC(=O)c1cnc(OC2CCCCC2)s1. The molecule has 1 fully saturated rings. The number of rotatable bonds is 3. The van der Waals surface area contributed by atoms with E-state index in [0.717, 1.165) is 12.8 Å². The molecule has 0 spiro atoms. The number of amides is 1. The number of nitrogens with zero attached hydrogens (tertiary/aromatic N) is 1. The van der Waals surface area contributed by atoms with Crippen molar-refractivity contribution >= 4 is 17.2 Å². The molecule has 15 heavy (non-hydrogen) atoms. The van der Waals surface area contributed by atoms with E-state index in [1.165, 1.54) is 36.8 Å². The summed E-state index contributed by atoms with van der Waals surface area (Å²) in [6.07, 6.45) is 7.66. The zero-order valence-electron chi connectivity index (χ0n) is 8.44. The van der Waals surface area contributed by atoms with Gasteiger partial charge in [0.15, 0.2) is 0 Å². The topological polar surface area (TPSA) is 65.2 Å². The highest BCUT2D eigenvalue weighted by molar-refractivity contribution is 7.15. The lowest BCUT2D eigenvalue weighted by Gasteiger charge is -2.21. The van der Waals surface area contributed by atoms with E-state index in [0.29, 0.717) is 10.1 Å². The Hall–Kier alpha value is -1.10. The second kappa shape index (κ2) is 4.61. The molecule has 1 aromatic heterocycles. The third kappa shape index (κ3) is 2.68. The van der Waals surface area contributed by atoms with E-state index >= 15 is 0 Å². The molecule has 1 aliphatic rings. The molecule has 1 heterocycles. The first kappa shape index (κ1) is 10.4. The highest BCUT2D eigenvalue weighted by Crippen LogP contribution is 2.26. The summed E-state index contributed by atoms with van der Waals surface area (Å²) in [6, 6.07) is 0. The van der Waals surface area contributed by atoms with Crippen LogP contribution in [0.2, 0.25) is 0 Å². The summed E-state index contributed by atoms with van der Waals surface area (Å²) in [5.41, 5.74) is 5.14. The largest absolute Gasteiger partial charge is 0.467 e. The van der Waals surface area contributed by atoms with Crippen molar-refractivity contribution in [3.05, 3.63) is 11.1 Å². The van der Waals surface area contributed by atoms with Crippen LogP contribution in [0.4, 0.5) is 0 Å². The fourth-order valence-corrected chi connectivity index (χ4v) is 2.44. The lowest BCUT2D eigenvalue weighted by Crippen LogP contribution is -2.19. The first-order valence-electron chi connectivity index (χ1n) is 5.18. The van der Waals surface area contributed by atoms with Crippen LogP contribution in [0.1, 0.15) is 41.8 Å². The number of aromatic nitrogens is 1. The van der Waals surface area contributed by atoms with E-state index in [1.807, 2.05) is 0 Å². The standard InChI is InChI=1S/C10H14N2O2S/c11-9(13)8-6-12-10(15-8)14-7-4-2-1-3-5-7/h6-7H,1-5H2,(H2,11,13). The van der Waals surface area contributed by atoms with Crippen LogP contribution in [-0.4, -0.2) is 17.0 Å². The molecule has 0 aromatic carbocycles. The predicted octanol–water partition coefficient (Wildman–Crippen LogP) is 1.95. The van der Waals surface area contributed by atoms with Crippen LogP contribution in [0.3, 0.4) is 0 Å². The van der Waals surface area contributed by atoms with Crippen molar-refractivity contribution in [2.24, 2.45) is 5.73 Å². The summed E-state index contributed by atoms with van der Waals surface area (Å²) >= 11 is 1.23. The van der Waals surface area contributed by atoms with Gasteiger partial charge in [-0.1, -0.05) is 17.8 Å². The first-order valence-corrected chi connectivity index (χ1v) is 5.99. The zero-order chi connectivity index (χ0) is 10.7. The maximum absolute atomic E-state index is 10.8. The highest BCUT2D eigenvalue weighted by Gasteiger charge is 2.17. The van der Waals surface area contributed by atoms with Crippen molar-refractivity contribution in [1.29, 1.82) is 0 Å². The third-order valence-corrected chi connectivity index (χ3v) is 3.45. The van der Waals surface area contributed by atoms with E-state index < -0.39 is 5.91 Å². The van der Waals surface area contributed by atoms with Crippen molar-refractivity contribution in [1.82, 2.24) is 4.98 Å². The molecular weight excluding hydrogens is 212 g/mol. The number of carbonyl (C=O) groups is 1. The van der Waals surface area contributed by atoms with Crippen molar-refractivity contribution in [2.75, 3.05) is 0 Å². The monoisotopic (exact) mass is 226 g/mol. The van der Waals surface area contributed by atoms with E-state index in [-0.39, 0.29) is 6.10 Å². The molecule has 2 rings (SSSR count). The number of ether oxygens (including phenoxy) is 1. The van der Waals surface area contributed by atoms with Crippen molar-refractivity contribution in [3.63, 3.8) is 0 Å². The Morgan fingerprint density at radius 1 is 1.47 bits per heavy atom. The molecular formula is C10H14N2O2S. The molecule has 0 bridgehead atoms. The third-order valence-electron chi connectivity index (χ3n) is 2.55. The summed E-state index contributed by atoms with van der Waals surface area (Å²) in [5, 5.41) is 0.565. The maximum Gasteiger partial charge on any atom is 0.274 e. The van der Waals surface area contributed by atoms with E-state index in [1.54, 1.807) is 0 Å². The number of nitrogens with two attached hydrogens (primary N) is 1. The fourth-order valence-electron chi connectivity index (χ4n) is 1.75. The van der Waals surface area contributed by atoms with Gasteiger partial charge in [-0.25, -0.2) is 4.98 Å². The Bertz CT molecular complexity index is 345. The summed E-state index contributed by atoms with van der Waals surface area (Å²) in [7, 11) is 0. The normalized spacial score (nSPS) is 17.6. The molecule has 5 heteroatoms. The van der Waals surface area contributed by atoms with Crippen LogP contribution in [0.15, 0.2) is 6.20 Å². The Balaban J connectivity index is 1.94. The van der Waals surface area contributed by atoms with Crippen molar-refractivity contribution in [2.45, 2.75) is 38.2 Å². The lowest BCUT2D eigenvalue weighted by molar-refractivity contribution is 0.100.